The third kappa shape index (κ3) is 3.39. The molecular formula is C18H20FN5O2. The van der Waals surface area contributed by atoms with Gasteiger partial charge in [-0.05, 0) is 36.6 Å². The van der Waals surface area contributed by atoms with Crippen LogP contribution in [0.1, 0.15) is 28.1 Å². The molecule has 1 aromatic carbocycles. The number of hydrogen-bond acceptors (Lipinski definition) is 5. The van der Waals surface area contributed by atoms with Gasteiger partial charge in [-0.2, -0.15) is 5.26 Å². The second kappa shape index (κ2) is 7.14. The number of anilines is 1. The van der Waals surface area contributed by atoms with Crippen LogP contribution in [0.4, 0.5) is 10.2 Å². The molecule has 136 valence electrons. The summed E-state index contributed by atoms with van der Waals surface area (Å²) in [6, 6.07) is 6.36. The summed E-state index contributed by atoms with van der Waals surface area (Å²) in [6.45, 7) is -2.34. The summed E-state index contributed by atoms with van der Waals surface area (Å²) >= 11 is 0. The van der Waals surface area contributed by atoms with Crippen molar-refractivity contribution in [2.24, 2.45) is 12.7 Å². The van der Waals surface area contributed by atoms with E-state index in [2.05, 4.69) is 0 Å². The number of piperidine rings is 1. The van der Waals surface area contributed by atoms with Crippen LogP contribution in [-0.4, -0.2) is 28.3 Å². The minimum absolute atomic E-state index is 0.145. The van der Waals surface area contributed by atoms with Crippen LogP contribution in [0.5, 0.6) is 0 Å². The van der Waals surface area contributed by atoms with Crippen LogP contribution in [0, 0.1) is 17.1 Å². The van der Waals surface area contributed by atoms with Gasteiger partial charge in [0.1, 0.15) is 11.6 Å². The van der Waals surface area contributed by atoms with Crippen LogP contribution in [-0.2, 0) is 13.5 Å². The van der Waals surface area contributed by atoms with E-state index < -0.39 is 24.0 Å². The van der Waals surface area contributed by atoms with Gasteiger partial charge in [-0.3, -0.25) is 13.9 Å². The number of rotatable bonds is 3. The summed E-state index contributed by atoms with van der Waals surface area (Å²) < 4.78 is 37.6. The predicted molar refractivity (Wildman–Crippen MR) is 95.6 cm³/mol. The first-order valence-corrected chi connectivity index (χ1v) is 8.18. The van der Waals surface area contributed by atoms with E-state index in [-0.39, 0.29) is 34.1 Å². The van der Waals surface area contributed by atoms with Gasteiger partial charge >= 0.3 is 5.69 Å². The lowest BCUT2D eigenvalue weighted by molar-refractivity contribution is 0.491. The standard InChI is InChI=1S/C18H20FN5O2/c1-22-17(25)8-16(23-6-2-3-15(21)11-23)24(18(22)26)10-13-7-14(19)5-4-12(13)9-20/h4-5,7-8,15H,2-3,6,10-11,21H2,1H3/t15-/m1/s1/i1+1D3. The SMILES string of the molecule is [2H][13C]([2H])([2H])n1c(=O)cc(N2CCC[C@@H](N)C2)n(Cc2cc(F)ccc2C#N)c1=O. The quantitative estimate of drug-likeness (QED) is 0.805. The van der Waals surface area contributed by atoms with Gasteiger partial charge < -0.3 is 10.6 Å². The van der Waals surface area contributed by atoms with Gasteiger partial charge in [0.05, 0.1) is 18.2 Å². The summed E-state index contributed by atoms with van der Waals surface area (Å²) in [4.78, 5) is 27.2. The van der Waals surface area contributed by atoms with Crippen molar-refractivity contribution in [3.63, 3.8) is 0 Å². The van der Waals surface area contributed by atoms with E-state index in [9.17, 15) is 19.2 Å². The zero-order valence-electron chi connectivity index (χ0n) is 17.0. The zero-order valence-corrected chi connectivity index (χ0v) is 14.0. The minimum atomic E-state index is -2.98. The Morgan fingerprint density at radius 1 is 1.42 bits per heavy atom. The number of nitrogens with two attached hydrogens (primary N) is 1. The Morgan fingerprint density at radius 2 is 2.23 bits per heavy atom. The molecule has 26 heavy (non-hydrogen) atoms. The highest BCUT2D eigenvalue weighted by molar-refractivity contribution is 5.43. The van der Waals surface area contributed by atoms with Crippen molar-refractivity contribution < 1.29 is 8.50 Å². The van der Waals surface area contributed by atoms with Gasteiger partial charge in [0.25, 0.3) is 5.56 Å². The second-order valence-corrected chi connectivity index (χ2v) is 6.31. The number of aromatic nitrogens is 2. The predicted octanol–water partition coefficient (Wildman–Crippen LogP) is 0.534. The molecule has 0 aliphatic carbocycles. The van der Waals surface area contributed by atoms with Crippen LogP contribution in [0.2, 0.25) is 0 Å². The van der Waals surface area contributed by atoms with E-state index >= 15 is 0 Å². The van der Waals surface area contributed by atoms with Gasteiger partial charge in [-0.25, -0.2) is 9.18 Å². The summed E-state index contributed by atoms with van der Waals surface area (Å²) in [5.74, 6) is -0.401. The molecule has 0 amide bonds. The van der Waals surface area contributed by atoms with Crippen molar-refractivity contribution in [2.75, 3.05) is 18.0 Å². The van der Waals surface area contributed by atoms with E-state index in [1.165, 1.54) is 6.07 Å². The maximum absolute atomic E-state index is 13.8. The molecule has 1 fully saturated rings. The monoisotopic (exact) mass is 361 g/mol. The molecular weight excluding hydrogens is 338 g/mol. The van der Waals surface area contributed by atoms with Crippen LogP contribution in [0.15, 0.2) is 33.9 Å². The van der Waals surface area contributed by atoms with E-state index in [4.69, 9.17) is 9.85 Å². The van der Waals surface area contributed by atoms with Gasteiger partial charge in [0.2, 0.25) is 0 Å². The Hall–Kier alpha value is -2.92. The lowest BCUT2D eigenvalue weighted by Gasteiger charge is -2.34. The summed E-state index contributed by atoms with van der Waals surface area (Å²) in [7, 11) is 0. The molecule has 1 atom stereocenters. The summed E-state index contributed by atoms with van der Waals surface area (Å²) in [5.41, 5.74) is 4.34. The highest BCUT2D eigenvalue weighted by Gasteiger charge is 2.22. The van der Waals surface area contributed by atoms with E-state index in [0.717, 1.165) is 35.6 Å². The number of benzene rings is 1. The fourth-order valence-electron chi connectivity index (χ4n) is 3.17. The van der Waals surface area contributed by atoms with Gasteiger partial charge in [0, 0.05) is 36.3 Å². The van der Waals surface area contributed by atoms with E-state index in [0.29, 0.717) is 13.1 Å². The molecule has 7 nitrogen and oxygen atoms in total. The van der Waals surface area contributed by atoms with Gasteiger partial charge in [-0.15, -0.1) is 0 Å². The van der Waals surface area contributed by atoms with E-state index in [1.54, 1.807) is 4.90 Å². The Labute approximate surface area is 153 Å². The van der Waals surface area contributed by atoms with Crippen molar-refractivity contribution in [2.45, 2.75) is 25.4 Å². The maximum atomic E-state index is 13.8. The first kappa shape index (κ1) is 14.3. The van der Waals surface area contributed by atoms with Crippen LogP contribution in [0.3, 0.4) is 0 Å². The average Bonchev–Trinajstić information content (AvgIpc) is 2.63. The molecule has 2 N–H and O–H groups in total. The van der Waals surface area contributed by atoms with E-state index in [1.807, 2.05) is 6.07 Å². The zero-order chi connectivity index (χ0) is 21.3. The molecule has 3 rings (SSSR count). The normalized spacial score (nSPS) is 19.3. The molecule has 1 aliphatic heterocycles. The van der Waals surface area contributed by atoms with Crippen LogP contribution < -0.4 is 21.9 Å². The third-order valence-electron chi connectivity index (χ3n) is 4.47. The molecule has 1 saturated heterocycles. The fraction of sp³-hybridized carbons (Fsp3) is 0.389. The molecule has 0 saturated carbocycles. The fourth-order valence-corrected chi connectivity index (χ4v) is 3.17. The highest BCUT2D eigenvalue weighted by atomic mass is 19.1. The van der Waals surface area contributed by atoms with Crippen molar-refractivity contribution in [1.29, 1.82) is 5.26 Å². The summed E-state index contributed by atoms with van der Waals surface area (Å²) in [5, 5.41) is 9.31. The number of nitrogens with zero attached hydrogens (tertiary/aromatic N) is 4. The Bertz CT molecular complexity index is 1090. The van der Waals surface area contributed by atoms with Crippen molar-refractivity contribution in [3.8, 4) is 6.07 Å². The van der Waals surface area contributed by atoms with Crippen LogP contribution in [0.25, 0.3) is 0 Å². The Balaban J connectivity index is 2.22. The average molecular weight is 361 g/mol. The highest BCUT2D eigenvalue weighted by Crippen LogP contribution is 2.19. The second-order valence-electron chi connectivity index (χ2n) is 6.31. The molecule has 8 heteroatoms. The minimum Gasteiger partial charge on any atom is -0.356 e. The molecule has 0 unspecified atom stereocenters. The molecule has 0 bridgehead atoms. The molecule has 2 aromatic rings. The van der Waals surface area contributed by atoms with Crippen molar-refractivity contribution in [1.82, 2.24) is 9.13 Å². The Kier molecular flexibility index (Phi) is 3.92. The third-order valence-corrected chi connectivity index (χ3v) is 4.47. The summed E-state index contributed by atoms with van der Waals surface area (Å²) in [6.07, 6.45) is 1.52. The first-order chi connectivity index (χ1) is 13.6. The maximum Gasteiger partial charge on any atom is 0.332 e. The largest absolute Gasteiger partial charge is 0.356 e. The Morgan fingerprint density at radius 3 is 2.92 bits per heavy atom. The topological polar surface area (TPSA) is 97.1 Å². The van der Waals surface area contributed by atoms with Crippen molar-refractivity contribution >= 4 is 5.82 Å². The lowest BCUT2D eigenvalue weighted by Crippen LogP contribution is -2.47. The molecule has 1 aliphatic rings. The van der Waals surface area contributed by atoms with Gasteiger partial charge in [-0.1, -0.05) is 0 Å². The van der Waals surface area contributed by atoms with Crippen LogP contribution >= 0.6 is 0 Å². The molecule has 0 spiro atoms. The number of halogens is 1. The van der Waals surface area contributed by atoms with Gasteiger partial charge in [0.15, 0.2) is 0 Å². The lowest BCUT2D eigenvalue weighted by atomic mass is 10.1. The number of nitriles is 1. The smallest absolute Gasteiger partial charge is 0.332 e. The molecule has 0 radical (unpaired) electrons. The molecule has 2 heterocycles. The molecule has 1 aromatic heterocycles. The first-order valence-electron chi connectivity index (χ1n) is 9.68. The number of hydrogen-bond donors (Lipinski definition) is 1. The van der Waals surface area contributed by atoms with Crippen molar-refractivity contribution in [3.05, 3.63) is 62.0 Å².